The van der Waals surface area contributed by atoms with Crippen LogP contribution < -0.4 is 0 Å². The number of benzene rings is 5. The zero-order valence-corrected chi connectivity index (χ0v) is 26.0. The molecule has 0 atom stereocenters. The van der Waals surface area contributed by atoms with E-state index in [0.29, 0.717) is 17.5 Å². The fourth-order valence-corrected chi connectivity index (χ4v) is 5.98. The van der Waals surface area contributed by atoms with Crippen molar-refractivity contribution in [3.63, 3.8) is 0 Å². The third-order valence-corrected chi connectivity index (χ3v) is 8.36. The Kier molecular flexibility index (Phi) is 7.83. The van der Waals surface area contributed by atoms with Gasteiger partial charge < -0.3 is 0 Å². The smallest absolute Gasteiger partial charge is 0.165 e. The van der Waals surface area contributed by atoms with Gasteiger partial charge >= 0.3 is 0 Å². The summed E-state index contributed by atoms with van der Waals surface area (Å²) < 4.78 is 0. The van der Waals surface area contributed by atoms with Crippen LogP contribution in [0.3, 0.4) is 0 Å². The van der Waals surface area contributed by atoms with Crippen molar-refractivity contribution in [1.82, 2.24) is 24.9 Å². The van der Waals surface area contributed by atoms with E-state index < -0.39 is 0 Å². The second-order valence-corrected chi connectivity index (χ2v) is 11.4. The monoisotopic (exact) mass is 615 g/mol. The summed E-state index contributed by atoms with van der Waals surface area (Å²) in [6.45, 7) is 0. The number of pyridine rings is 2. The Morgan fingerprint density at radius 1 is 0.271 bits per heavy atom. The van der Waals surface area contributed by atoms with Gasteiger partial charge in [-0.25, -0.2) is 15.0 Å². The zero-order valence-electron chi connectivity index (χ0n) is 26.0. The van der Waals surface area contributed by atoms with Gasteiger partial charge in [0.1, 0.15) is 0 Å². The summed E-state index contributed by atoms with van der Waals surface area (Å²) in [5.74, 6) is 1.70. The van der Waals surface area contributed by atoms with Gasteiger partial charge in [-0.3, -0.25) is 9.97 Å². The molecule has 5 aromatic carbocycles. The lowest BCUT2D eigenvalue weighted by Crippen LogP contribution is -2.01. The second-order valence-electron chi connectivity index (χ2n) is 11.4. The molecule has 8 aromatic rings. The summed E-state index contributed by atoms with van der Waals surface area (Å²) in [4.78, 5) is 23.3. The topological polar surface area (TPSA) is 64.5 Å². The van der Waals surface area contributed by atoms with E-state index in [1.54, 1.807) is 24.8 Å². The molecule has 226 valence electrons. The van der Waals surface area contributed by atoms with Crippen molar-refractivity contribution < 1.29 is 0 Å². The van der Waals surface area contributed by atoms with Gasteiger partial charge in [0.25, 0.3) is 0 Å². The van der Waals surface area contributed by atoms with Crippen LogP contribution in [0, 0.1) is 0 Å². The van der Waals surface area contributed by atoms with Gasteiger partial charge in [0.05, 0.1) is 0 Å². The quantitative estimate of drug-likeness (QED) is 0.178. The second kappa shape index (κ2) is 13.0. The Hall–Kier alpha value is -6.59. The van der Waals surface area contributed by atoms with Gasteiger partial charge in [-0.05, 0) is 74.8 Å². The van der Waals surface area contributed by atoms with E-state index in [4.69, 9.17) is 15.0 Å². The Labute approximate surface area is 279 Å². The number of hydrogen-bond acceptors (Lipinski definition) is 5. The lowest BCUT2D eigenvalue weighted by atomic mass is 9.90. The number of rotatable bonds is 7. The third-order valence-electron chi connectivity index (χ3n) is 8.36. The van der Waals surface area contributed by atoms with Gasteiger partial charge in [-0.2, -0.15) is 0 Å². The molecule has 3 aromatic heterocycles. The molecular formula is C43H29N5. The maximum absolute atomic E-state index is 4.93. The first-order chi connectivity index (χ1) is 23.8. The minimum Gasteiger partial charge on any atom is -0.264 e. The molecule has 0 saturated heterocycles. The highest BCUT2D eigenvalue weighted by molar-refractivity contribution is 5.89. The van der Waals surface area contributed by atoms with Crippen LogP contribution in [0.1, 0.15) is 0 Å². The van der Waals surface area contributed by atoms with Gasteiger partial charge in [0.15, 0.2) is 17.5 Å². The summed E-state index contributed by atoms with van der Waals surface area (Å²) in [6.07, 6.45) is 7.03. The van der Waals surface area contributed by atoms with Crippen molar-refractivity contribution in [2.75, 3.05) is 0 Å². The highest BCUT2D eigenvalue weighted by atomic mass is 15.0. The predicted octanol–water partition coefficient (Wildman–Crippen LogP) is 10.3. The average molecular weight is 616 g/mol. The molecule has 0 radical (unpaired) electrons. The van der Waals surface area contributed by atoms with Crippen molar-refractivity contribution in [2.45, 2.75) is 0 Å². The molecule has 5 nitrogen and oxygen atoms in total. The van der Waals surface area contributed by atoms with Gasteiger partial charge in [-0.1, -0.05) is 121 Å². The van der Waals surface area contributed by atoms with E-state index in [2.05, 4.69) is 131 Å². The van der Waals surface area contributed by atoms with Gasteiger partial charge in [0, 0.05) is 41.5 Å². The Morgan fingerprint density at radius 3 is 1.12 bits per heavy atom. The highest BCUT2D eigenvalue weighted by Gasteiger charge is 2.16. The predicted molar refractivity (Wildman–Crippen MR) is 193 cm³/mol. The van der Waals surface area contributed by atoms with Crippen LogP contribution in [-0.4, -0.2) is 24.9 Å². The van der Waals surface area contributed by atoms with E-state index >= 15 is 0 Å². The average Bonchev–Trinajstić information content (AvgIpc) is 3.19. The van der Waals surface area contributed by atoms with E-state index in [1.807, 2.05) is 30.3 Å². The van der Waals surface area contributed by atoms with Crippen LogP contribution in [0.4, 0.5) is 0 Å². The van der Waals surface area contributed by atoms with Crippen LogP contribution in [0.25, 0.3) is 78.7 Å². The van der Waals surface area contributed by atoms with Crippen LogP contribution in [0.5, 0.6) is 0 Å². The molecule has 0 unspecified atom stereocenters. The highest BCUT2D eigenvalue weighted by Crippen LogP contribution is 2.38. The lowest BCUT2D eigenvalue weighted by molar-refractivity contribution is 1.07. The summed E-state index contributed by atoms with van der Waals surface area (Å²) in [5, 5.41) is 0. The standard InChI is InChI=1S/C43H29N5/c1-3-11-30(12-4-1)37-17-7-8-18-38(37)32-19-21-33(22-20-32)39-24-23-34(27-40(39)31-13-5-2-6-14-31)41-46-42(35-15-9-25-44-28-35)48-43(47-41)36-16-10-26-45-29-36/h1-29H. The Morgan fingerprint density at radius 2 is 0.646 bits per heavy atom. The summed E-state index contributed by atoms with van der Waals surface area (Å²) in [6, 6.07) is 52.5. The van der Waals surface area contributed by atoms with Crippen molar-refractivity contribution in [3.05, 3.63) is 176 Å². The molecule has 0 N–H and O–H groups in total. The van der Waals surface area contributed by atoms with Crippen LogP contribution in [0.15, 0.2) is 176 Å². The molecule has 0 amide bonds. The first kappa shape index (κ1) is 28.9. The van der Waals surface area contributed by atoms with Crippen LogP contribution in [0.2, 0.25) is 0 Å². The molecule has 0 bridgehead atoms. The van der Waals surface area contributed by atoms with E-state index in [0.717, 1.165) is 38.9 Å². The molecule has 5 heteroatoms. The van der Waals surface area contributed by atoms with Crippen LogP contribution >= 0.6 is 0 Å². The van der Waals surface area contributed by atoms with Gasteiger partial charge in [-0.15, -0.1) is 0 Å². The molecule has 0 aliphatic rings. The zero-order chi connectivity index (χ0) is 32.1. The summed E-state index contributed by atoms with van der Waals surface area (Å²) in [7, 11) is 0. The fraction of sp³-hybridized carbons (Fsp3) is 0. The number of hydrogen-bond donors (Lipinski definition) is 0. The molecular weight excluding hydrogens is 587 g/mol. The maximum Gasteiger partial charge on any atom is 0.165 e. The molecule has 0 spiro atoms. The first-order valence-electron chi connectivity index (χ1n) is 15.8. The normalized spacial score (nSPS) is 10.9. The largest absolute Gasteiger partial charge is 0.264 e. The van der Waals surface area contributed by atoms with E-state index in [-0.39, 0.29) is 0 Å². The lowest BCUT2D eigenvalue weighted by Gasteiger charge is -2.15. The Bertz CT molecular complexity index is 2250. The molecule has 0 saturated carbocycles. The SMILES string of the molecule is c1ccc(-c2ccccc2-c2ccc(-c3ccc(-c4nc(-c5cccnc5)nc(-c5cccnc5)n4)cc3-c3ccccc3)cc2)cc1. The first-order valence-corrected chi connectivity index (χ1v) is 15.8. The molecule has 0 aliphatic carbocycles. The number of nitrogens with zero attached hydrogens (tertiary/aromatic N) is 5. The van der Waals surface area contributed by atoms with Crippen molar-refractivity contribution in [3.8, 4) is 78.7 Å². The van der Waals surface area contributed by atoms with Crippen molar-refractivity contribution >= 4 is 0 Å². The molecule has 3 heterocycles. The van der Waals surface area contributed by atoms with Crippen molar-refractivity contribution in [2.24, 2.45) is 0 Å². The molecule has 48 heavy (non-hydrogen) atoms. The maximum atomic E-state index is 4.93. The summed E-state index contributed by atoms with van der Waals surface area (Å²) in [5.41, 5.74) is 11.8. The number of aromatic nitrogens is 5. The van der Waals surface area contributed by atoms with Crippen LogP contribution in [-0.2, 0) is 0 Å². The van der Waals surface area contributed by atoms with Crippen molar-refractivity contribution in [1.29, 1.82) is 0 Å². The van der Waals surface area contributed by atoms with Gasteiger partial charge in [0.2, 0.25) is 0 Å². The molecule has 8 rings (SSSR count). The molecule has 0 fully saturated rings. The third kappa shape index (κ3) is 5.88. The molecule has 0 aliphatic heterocycles. The van der Waals surface area contributed by atoms with E-state index in [9.17, 15) is 0 Å². The Balaban J connectivity index is 1.23. The minimum absolute atomic E-state index is 0.559. The minimum atomic E-state index is 0.559. The summed E-state index contributed by atoms with van der Waals surface area (Å²) >= 11 is 0. The fourth-order valence-electron chi connectivity index (χ4n) is 5.98. The van der Waals surface area contributed by atoms with E-state index in [1.165, 1.54) is 22.3 Å².